The number of piperazine rings is 2. The molecule has 2 aliphatic rings. The number of nitrogens with one attached hydrogen (secondary N) is 1. The Kier molecular flexibility index (Phi) is 8.20. The fourth-order valence-corrected chi connectivity index (χ4v) is 5.81. The number of rotatable bonds is 5. The number of carboxylic acid groups (broad SMARTS) is 1. The molecule has 2 aromatic carbocycles. The summed E-state index contributed by atoms with van der Waals surface area (Å²) in [5, 5.41) is 16.1. The summed E-state index contributed by atoms with van der Waals surface area (Å²) < 4.78 is 27.9. The van der Waals surface area contributed by atoms with E-state index >= 15 is 0 Å². The van der Waals surface area contributed by atoms with Crippen LogP contribution in [0.15, 0.2) is 41.3 Å². The number of fused-ring (bicyclic) bond motifs is 1. The van der Waals surface area contributed by atoms with Gasteiger partial charge in [0.25, 0.3) is 0 Å². The molecule has 0 saturated carbocycles. The lowest BCUT2D eigenvalue weighted by atomic mass is 10.1. The van der Waals surface area contributed by atoms with Gasteiger partial charge in [-0.25, -0.2) is 8.42 Å². The first kappa shape index (κ1) is 25.7. The number of nitrogens with zero attached hydrogens (tertiary/aromatic N) is 3. The maximum absolute atomic E-state index is 13.3. The number of carboxylic acids is 1. The van der Waals surface area contributed by atoms with Crippen LogP contribution >= 0.6 is 24.0 Å². The predicted molar refractivity (Wildman–Crippen MR) is 125 cm³/mol. The van der Waals surface area contributed by atoms with Crippen LogP contribution in [0.25, 0.3) is 10.8 Å². The predicted octanol–water partition coefficient (Wildman–Crippen LogP) is -0.228. The monoisotopic (exact) mass is 515 g/mol. The number of hydrogen-bond acceptors (Lipinski definition) is 7. The van der Waals surface area contributed by atoms with E-state index in [2.05, 4.69) is 5.32 Å². The van der Waals surface area contributed by atoms with Crippen molar-refractivity contribution in [1.29, 1.82) is 0 Å². The summed E-state index contributed by atoms with van der Waals surface area (Å²) in [6.45, 7) is 2.18. The molecule has 0 bridgehead atoms. The summed E-state index contributed by atoms with van der Waals surface area (Å²) in [5.41, 5.74) is 0. The minimum absolute atomic E-state index is 0. The molecule has 180 valence electrons. The summed E-state index contributed by atoms with van der Waals surface area (Å²) in [7, 11) is -3.77. The van der Waals surface area contributed by atoms with Gasteiger partial charge in [0.15, 0.2) is 0 Å². The quantitative estimate of drug-likeness (QED) is 0.585. The van der Waals surface area contributed by atoms with Crippen LogP contribution in [-0.4, -0.2) is 92.8 Å². The molecule has 4 rings (SSSR count). The lowest BCUT2D eigenvalue weighted by Crippen LogP contribution is -2.61. The van der Waals surface area contributed by atoms with Gasteiger partial charge in [-0.15, -0.1) is 12.4 Å². The molecule has 33 heavy (non-hydrogen) atoms. The molecule has 2 aliphatic heterocycles. The van der Waals surface area contributed by atoms with E-state index in [1.54, 1.807) is 46.2 Å². The van der Waals surface area contributed by atoms with E-state index in [1.165, 1.54) is 4.31 Å². The van der Waals surface area contributed by atoms with Gasteiger partial charge in [0.1, 0.15) is 6.04 Å². The molecule has 9 nitrogen and oxygen atoms in total. The lowest BCUT2D eigenvalue weighted by molar-refractivity contribution is -0.306. The topological polar surface area (TPSA) is 113 Å². The zero-order chi connectivity index (χ0) is 22.9. The van der Waals surface area contributed by atoms with Gasteiger partial charge in [-0.05, 0) is 35.0 Å². The van der Waals surface area contributed by atoms with Gasteiger partial charge < -0.3 is 20.1 Å². The Balaban J connectivity index is 0.00000306. The highest BCUT2D eigenvalue weighted by Crippen LogP contribution is 2.25. The van der Waals surface area contributed by atoms with Crippen molar-refractivity contribution in [1.82, 2.24) is 19.4 Å². The molecule has 2 fully saturated rings. The van der Waals surface area contributed by atoms with Crippen LogP contribution in [0, 0.1) is 0 Å². The number of carbonyl (C=O) groups is 2. The second-order valence-corrected chi connectivity index (χ2v) is 10.4. The average molecular weight is 516 g/mol. The van der Waals surface area contributed by atoms with Crippen molar-refractivity contribution in [3.05, 3.63) is 41.4 Å². The van der Waals surface area contributed by atoms with E-state index in [0.29, 0.717) is 37.7 Å². The molecule has 0 radical (unpaired) electrons. The summed E-state index contributed by atoms with van der Waals surface area (Å²) in [5.74, 6) is -1.32. The molecule has 12 heteroatoms. The van der Waals surface area contributed by atoms with Crippen molar-refractivity contribution < 1.29 is 23.1 Å². The first-order valence-electron chi connectivity index (χ1n) is 10.4. The maximum Gasteiger partial charge on any atom is 0.243 e. The minimum Gasteiger partial charge on any atom is -0.549 e. The summed E-state index contributed by atoms with van der Waals surface area (Å²) in [6, 6.07) is 9.53. The van der Waals surface area contributed by atoms with Gasteiger partial charge in [-0.3, -0.25) is 9.69 Å². The largest absolute Gasteiger partial charge is 0.549 e. The highest BCUT2D eigenvalue weighted by atomic mass is 35.5. The number of aliphatic carboxylic acids is 1. The smallest absolute Gasteiger partial charge is 0.243 e. The molecule has 2 aromatic rings. The van der Waals surface area contributed by atoms with E-state index in [9.17, 15) is 23.1 Å². The van der Waals surface area contributed by atoms with Crippen LogP contribution in [0.3, 0.4) is 0 Å². The molecular weight excluding hydrogens is 491 g/mol. The van der Waals surface area contributed by atoms with Crippen LogP contribution in [0.1, 0.15) is 0 Å². The highest BCUT2D eigenvalue weighted by Gasteiger charge is 2.35. The van der Waals surface area contributed by atoms with Crippen LogP contribution in [0.4, 0.5) is 0 Å². The minimum atomic E-state index is -3.77. The van der Waals surface area contributed by atoms with E-state index in [0.717, 1.165) is 10.8 Å². The number of halogens is 2. The third-order valence-corrected chi connectivity index (χ3v) is 7.98. The van der Waals surface area contributed by atoms with Crippen molar-refractivity contribution in [3.8, 4) is 0 Å². The van der Waals surface area contributed by atoms with E-state index in [-0.39, 0.29) is 42.8 Å². The van der Waals surface area contributed by atoms with E-state index in [1.807, 2.05) is 0 Å². The van der Waals surface area contributed by atoms with Crippen LogP contribution in [0.2, 0.25) is 5.02 Å². The van der Waals surface area contributed by atoms with Crippen molar-refractivity contribution in [2.24, 2.45) is 0 Å². The number of carbonyl (C=O) groups excluding carboxylic acids is 2. The average Bonchev–Trinajstić information content (AvgIpc) is 2.78. The number of hydrogen-bond donors (Lipinski definition) is 1. The fraction of sp³-hybridized carbons (Fsp3) is 0.429. The van der Waals surface area contributed by atoms with Gasteiger partial charge in [0, 0.05) is 57.4 Å². The first-order chi connectivity index (χ1) is 15.2. The third kappa shape index (κ3) is 5.76. The Bertz CT molecular complexity index is 1140. The standard InChI is InChI=1S/C21H25ClN4O5S.ClH/c22-17-3-1-16-12-18(4-2-15(16)11-17)32(30,31)26-6-5-23-19(13-26)21(29)25-9-7-24(8-10-25)14-20(27)28;/h1-4,11-12,19,23H,5-10,13-14H2,(H,27,28);1H/p-1. The molecule has 1 atom stereocenters. The lowest BCUT2D eigenvalue weighted by Gasteiger charge is -2.39. The molecular formula is C21H25Cl2N4O5S-. The normalized spacial score (nSPS) is 20.4. The number of amides is 1. The Morgan fingerprint density at radius 3 is 2.39 bits per heavy atom. The molecule has 0 aromatic heterocycles. The fourth-order valence-electron chi connectivity index (χ4n) is 4.14. The summed E-state index contributed by atoms with van der Waals surface area (Å²) in [4.78, 5) is 27.3. The Labute approximate surface area is 203 Å². The maximum atomic E-state index is 13.3. The van der Waals surface area contributed by atoms with Crippen LogP contribution in [0.5, 0.6) is 0 Å². The number of sulfonamides is 1. The molecule has 2 heterocycles. The molecule has 1 N–H and O–H groups in total. The Morgan fingerprint density at radius 2 is 1.70 bits per heavy atom. The molecule has 2 saturated heterocycles. The van der Waals surface area contributed by atoms with Gasteiger partial charge in [-0.1, -0.05) is 23.7 Å². The SMILES string of the molecule is Cl.O=C([O-])CN1CCN(C(=O)C2CN(S(=O)(=O)c3ccc4cc(Cl)ccc4c3)CCN2)CC1. The zero-order valence-electron chi connectivity index (χ0n) is 17.8. The Hall–Kier alpha value is -1.95. The summed E-state index contributed by atoms with van der Waals surface area (Å²) in [6.07, 6.45) is 0. The van der Waals surface area contributed by atoms with E-state index in [4.69, 9.17) is 11.6 Å². The molecule has 0 aliphatic carbocycles. The second-order valence-electron chi connectivity index (χ2n) is 8.00. The summed E-state index contributed by atoms with van der Waals surface area (Å²) >= 11 is 6.01. The van der Waals surface area contributed by atoms with Crippen molar-refractivity contribution >= 4 is 56.7 Å². The van der Waals surface area contributed by atoms with Gasteiger partial charge in [0.2, 0.25) is 15.9 Å². The molecule has 1 amide bonds. The zero-order valence-corrected chi connectivity index (χ0v) is 20.2. The van der Waals surface area contributed by atoms with Crippen LogP contribution in [-0.2, 0) is 19.6 Å². The number of benzene rings is 2. The molecule has 0 spiro atoms. The van der Waals surface area contributed by atoms with Crippen LogP contribution < -0.4 is 10.4 Å². The molecule has 1 unspecified atom stereocenters. The van der Waals surface area contributed by atoms with E-state index < -0.39 is 22.0 Å². The van der Waals surface area contributed by atoms with Gasteiger partial charge in [0.05, 0.1) is 10.9 Å². The third-order valence-electron chi connectivity index (χ3n) is 5.88. The van der Waals surface area contributed by atoms with Crippen molar-refractivity contribution in [2.45, 2.75) is 10.9 Å². The van der Waals surface area contributed by atoms with Crippen molar-refractivity contribution in [3.63, 3.8) is 0 Å². The highest BCUT2D eigenvalue weighted by molar-refractivity contribution is 7.89. The van der Waals surface area contributed by atoms with Gasteiger partial charge >= 0.3 is 0 Å². The van der Waals surface area contributed by atoms with Crippen molar-refractivity contribution in [2.75, 3.05) is 52.4 Å². The first-order valence-corrected chi connectivity index (χ1v) is 12.2. The second kappa shape index (κ2) is 10.5. The van der Waals surface area contributed by atoms with Gasteiger partial charge in [-0.2, -0.15) is 4.31 Å². The Morgan fingerprint density at radius 1 is 1.03 bits per heavy atom.